The maximum absolute atomic E-state index is 12.5. The number of hydrogen-bond acceptors (Lipinski definition) is 9. The fraction of sp³-hybridized carbons (Fsp3) is 0.381. The van der Waals surface area contributed by atoms with E-state index in [9.17, 15) is 35.4 Å². The van der Waals surface area contributed by atoms with Crippen molar-refractivity contribution in [2.45, 2.75) is 43.4 Å². The number of phenolic OH excluding ortho intramolecular Hbond substituents is 3. The average molecular weight is 418 g/mol. The molecule has 2 aromatic carbocycles. The van der Waals surface area contributed by atoms with Gasteiger partial charge < -0.3 is 40.1 Å². The molecule has 1 fully saturated rings. The van der Waals surface area contributed by atoms with Gasteiger partial charge in [-0.1, -0.05) is 6.07 Å². The van der Waals surface area contributed by atoms with E-state index in [-0.39, 0.29) is 47.2 Å². The lowest BCUT2D eigenvalue weighted by Crippen LogP contribution is -2.47. The van der Waals surface area contributed by atoms with E-state index in [1.54, 1.807) is 12.1 Å². The second-order valence-corrected chi connectivity index (χ2v) is 7.53. The third kappa shape index (κ3) is 3.56. The van der Waals surface area contributed by atoms with Crippen LogP contribution in [0.25, 0.3) is 0 Å². The molecule has 0 radical (unpaired) electrons. The lowest BCUT2D eigenvalue weighted by Gasteiger charge is -2.37. The summed E-state index contributed by atoms with van der Waals surface area (Å²) in [5, 5.41) is 59.3. The normalized spacial score (nSPS) is 28.6. The second-order valence-electron chi connectivity index (χ2n) is 7.53. The minimum Gasteiger partial charge on any atom is -0.508 e. The number of ether oxygens (including phenoxy) is 2. The number of aliphatic hydroxyl groups is 3. The molecular formula is C21H22O9. The van der Waals surface area contributed by atoms with Crippen molar-refractivity contribution < 1.29 is 44.9 Å². The Morgan fingerprint density at radius 3 is 2.50 bits per heavy atom. The molecule has 0 aliphatic carbocycles. The van der Waals surface area contributed by atoms with E-state index in [0.717, 1.165) is 6.07 Å². The fourth-order valence-corrected chi connectivity index (χ4v) is 3.95. The molecule has 2 aliphatic heterocycles. The number of carbonyl (C=O) groups excluding carboxylic acids is 1. The maximum atomic E-state index is 12.5. The number of ketones is 1. The van der Waals surface area contributed by atoms with E-state index in [4.69, 9.17) is 9.47 Å². The Balaban J connectivity index is 1.65. The van der Waals surface area contributed by atoms with Crippen molar-refractivity contribution in [3.05, 3.63) is 47.0 Å². The topological polar surface area (TPSA) is 157 Å². The first kappa shape index (κ1) is 20.4. The minimum absolute atomic E-state index is 0.00145. The summed E-state index contributed by atoms with van der Waals surface area (Å²) in [6.45, 7) is -0.501. The summed E-state index contributed by atoms with van der Waals surface area (Å²) in [6, 6.07) is 6.86. The van der Waals surface area contributed by atoms with E-state index in [2.05, 4.69) is 0 Å². The van der Waals surface area contributed by atoms with Gasteiger partial charge >= 0.3 is 0 Å². The lowest BCUT2D eigenvalue weighted by atomic mass is 9.90. The van der Waals surface area contributed by atoms with Gasteiger partial charge in [-0.25, -0.2) is 0 Å². The van der Waals surface area contributed by atoms with Crippen molar-refractivity contribution in [1.29, 1.82) is 0 Å². The molecule has 0 bridgehead atoms. The van der Waals surface area contributed by atoms with E-state index < -0.39 is 37.1 Å². The zero-order valence-corrected chi connectivity index (χ0v) is 15.8. The van der Waals surface area contributed by atoms with Gasteiger partial charge in [-0.2, -0.15) is 0 Å². The summed E-state index contributed by atoms with van der Waals surface area (Å²) in [6.07, 6.45) is -4.99. The van der Waals surface area contributed by atoms with Crippen LogP contribution in [0.15, 0.2) is 30.3 Å². The third-order valence-corrected chi connectivity index (χ3v) is 5.50. The van der Waals surface area contributed by atoms with Crippen LogP contribution in [-0.2, 0) is 4.74 Å². The molecule has 0 amide bonds. The van der Waals surface area contributed by atoms with Crippen LogP contribution in [0.1, 0.15) is 46.5 Å². The zero-order valence-electron chi connectivity index (χ0n) is 15.8. The van der Waals surface area contributed by atoms with Crippen molar-refractivity contribution in [3.63, 3.8) is 0 Å². The lowest BCUT2D eigenvalue weighted by molar-refractivity contribution is -0.181. The first-order valence-electron chi connectivity index (χ1n) is 9.49. The van der Waals surface area contributed by atoms with E-state index >= 15 is 0 Å². The number of carbonyl (C=O) groups is 1. The summed E-state index contributed by atoms with van der Waals surface area (Å²) < 4.78 is 11.5. The Morgan fingerprint density at radius 2 is 1.77 bits per heavy atom. The van der Waals surface area contributed by atoms with Crippen LogP contribution >= 0.6 is 0 Å². The molecule has 9 nitrogen and oxygen atoms in total. The van der Waals surface area contributed by atoms with Gasteiger partial charge in [0.15, 0.2) is 5.78 Å². The van der Waals surface area contributed by atoms with E-state index in [1.165, 1.54) is 12.1 Å². The largest absolute Gasteiger partial charge is 0.508 e. The summed E-state index contributed by atoms with van der Waals surface area (Å²) in [7, 11) is 0. The van der Waals surface area contributed by atoms with E-state index in [1.807, 2.05) is 0 Å². The predicted octanol–water partition coefficient (Wildman–Crippen LogP) is 1.05. The Morgan fingerprint density at radius 1 is 1.00 bits per heavy atom. The van der Waals surface area contributed by atoms with Gasteiger partial charge in [0.05, 0.1) is 25.2 Å². The molecule has 30 heavy (non-hydrogen) atoms. The molecule has 5 atom stereocenters. The fourth-order valence-electron chi connectivity index (χ4n) is 3.95. The van der Waals surface area contributed by atoms with Crippen LogP contribution in [0.2, 0.25) is 0 Å². The quantitative estimate of drug-likeness (QED) is 0.429. The summed E-state index contributed by atoms with van der Waals surface area (Å²) >= 11 is 0. The van der Waals surface area contributed by atoms with Crippen LogP contribution in [0.5, 0.6) is 23.0 Å². The number of phenols is 3. The second kappa shape index (κ2) is 7.77. The smallest absolute Gasteiger partial charge is 0.174 e. The maximum Gasteiger partial charge on any atom is 0.174 e. The molecule has 2 aromatic rings. The van der Waals surface area contributed by atoms with Gasteiger partial charge in [0.2, 0.25) is 0 Å². The number of fused-ring (bicyclic) bond motifs is 1. The van der Waals surface area contributed by atoms with Gasteiger partial charge in [-0.05, 0) is 17.7 Å². The highest BCUT2D eigenvalue weighted by Gasteiger charge is 2.38. The van der Waals surface area contributed by atoms with Gasteiger partial charge in [0, 0.05) is 24.1 Å². The van der Waals surface area contributed by atoms with Gasteiger partial charge in [-0.3, -0.25) is 4.79 Å². The highest BCUT2D eigenvalue weighted by molar-refractivity contribution is 6.02. The highest BCUT2D eigenvalue weighted by Crippen LogP contribution is 2.43. The predicted molar refractivity (Wildman–Crippen MR) is 102 cm³/mol. The van der Waals surface area contributed by atoms with Crippen molar-refractivity contribution in [1.82, 2.24) is 0 Å². The highest BCUT2D eigenvalue weighted by atomic mass is 16.5. The third-order valence-electron chi connectivity index (χ3n) is 5.50. The van der Waals surface area contributed by atoms with Crippen molar-refractivity contribution in [3.8, 4) is 23.0 Å². The zero-order chi connectivity index (χ0) is 21.6. The Kier molecular flexibility index (Phi) is 5.29. The van der Waals surface area contributed by atoms with Crippen LogP contribution in [0.3, 0.4) is 0 Å². The van der Waals surface area contributed by atoms with Crippen LogP contribution < -0.4 is 4.74 Å². The molecule has 0 saturated carbocycles. The number of aliphatic hydroxyl groups excluding tert-OH is 3. The van der Waals surface area contributed by atoms with E-state index in [0.29, 0.717) is 11.1 Å². The molecule has 0 spiro atoms. The molecule has 0 aromatic heterocycles. The number of benzene rings is 2. The number of Topliss-reactive ketones (excluding diaryl/α,β-unsaturated/α-hetero) is 1. The Bertz CT molecular complexity index is 973. The molecule has 9 heteroatoms. The summed E-state index contributed by atoms with van der Waals surface area (Å²) in [5.41, 5.74) is 0.855. The molecular weight excluding hydrogens is 396 g/mol. The van der Waals surface area contributed by atoms with Crippen molar-refractivity contribution in [2.75, 3.05) is 6.61 Å². The molecule has 1 saturated heterocycles. The van der Waals surface area contributed by atoms with Gasteiger partial charge in [-0.15, -0.1) is 0 Å². The molecule has 3 unspecified atom stereocenters. The first-order chi connectivity index (χ1) is 14.3. The SMILES string of the molecule is O=C1CC(c2ccc(O)c(C3C[C@@H](O)C(O)[C@@H](CO)O3)c2)Oc2cc(O)cc(O)c21. The Labute approximate surface area is 171 Å². The first-order valence-corrected chi connectivity index (χ1v) is 9.49. The van der Waals surface area contributed by atoms with Gasteiger partial charge in [0.25, 0.3) is 0 Å². The van der Waals surface area contributed by atoms with Crippen molar-refractivity contribution >= 4 is 5.78 Å². The minimum atomic E-state index is -1.24. The molecule has 4 rings (SSSR count). The molecule has 2 aliphatic rings. The monoisotopic (exact) mass is 418 g/mol. The van der Waals surface area contributed by atoms with Crippen LogP contribution in [0.4, 0.5) is 0 Å². The molecule has 6 N–H and O–H groups in total. The number of aromatic hydroxyl groups is 3. The van der Waals surface area contributed by atoms with Gasteiger partial charge in [0.1, 0.15) is 46.9 Å². The average Bonchev–Trinajstić information content (AvgIpc) is 2.69. The molecule has 160 valence electrons. The number of rotatable bonds is 3. The Hall–Kier alpha value is -2.85. The van der Waals surface area contributed by atoms with Crippen LogP contribution in [-0.4, -0.2) is 61.3 Å². The van der Waals surface area contributed by atoms with Crippen molar-refractivity contribution in [2.24, 2.45) is 0 Å². The standard InChI is InChI=1S/C21H22O9/c22-8-19-21(28)15(27)7-17(30-19)11-3-9(1-2-12(11)24)16-6-14(26)20-13(25)4-10(23)5-18(20)29-16/h1-5,15-17,19,21-25,27-28H,6-8H2/t15-,16?,17?,19-,21?/m1/s1. The summed E-state index contributed by atoms with van der Waals surface area (Å²) in [5.74, 6) is -1.03. The summed E-state index contributed by atoms with van der Waals surface area (Å²) in [4.78, 5) is 12.5. The number of hydrogen-bond donors (Lipinski definition) is 6. The van der Waals surface area contributed by atoms with Crippen LogP contribution in [0, 0.1) is 0 Å². The molecule has 2 heterocycles.